The number of halogens is 1. The van der Waals surface area contributed by atoms with E-state index in [0.717, 1.165) is 5.56 Å². The van der Waals surface area contributed by atoms with Crippen LogP contribution in [0.2, 0.25) is 0 Å². The van der Waals surface area contributed by atoms with Crippen LogP contribution in [-0.4, -0.2) is 17.2 Å². The van der Waals surface area contributed by atoms with Crippen LogP contribution in [0.15, 0.2) is 42.7 Å². The number of nitrogens with zero attached hydrogens (tertiary/aromatic N) is 1. The monoisotopic (exact) mass is 247 g/mol. The molecule has 1 N–H and O–H groups in total. The topological polar surface area (TPSA) is 42.4 Å². The first-order chi connectivity index (χ1) is 8.70. The Morgan fingerprint density at radius 2 is 2.22 bits per heavy atom. The van der Waals surface area contributed by atoms with Gasteiger partial charge in [0.15, 0.2) is 0 Å². The Labute approximate surface area is 105 Å². The summed E-state index contributed by atoms with van der Waals surface area (Å²) in [6, 6.07) is 7.77. The van der Waals surface area contributed by atoms with Gasteiger partial charge in [-0.2, -0.15) is 0 Å². The molecule has 1 atom stereocenters. The van der Waals surface area contributed by atoms with Crippen LogP contribution in [0.3, 0.4) is 0 Å². The number of hydrogen-bond acceptors (Lipinski definition) is 3. The molecule has 1 aromatic carbocycles. The number of rotatable bonds is 4. The Kier molecular flexibility index (Phi) is 3.89. The molecule has 1 aromatic heterocycles. The van der Waals surface area contributed by atoms with Gasteiger partial charge in [0.1, 0.15) is 11.6 Å². The van der Waals surface area contributed by atoms with Gasteiger partial charge in [-0.15, -0.1) is 0 Å². The van der Waals surface area contributed by atoms with Crippen molar-refractivity contribution in [1.82, 2.24) is 4.98 Å². The van der Waals surface area contributed by atoms with Gasteiger partial charge in [0.05, 0.1) is 13.2 Å². The van der Waals surface area contributed by atoms with Gasteiger partial charge in [0, 0.05) is 24.4 Å². The molecule has 0 radical (unpaired) electrons. The summed E-state index contributed by atoms with van der Waals surface area (Å²) in [6.45, 7) is 0. The average Bonchev–Trinajstić information content (AvgIpc) is 2.40. The number of benzene rings is 1. The molecule has 0 bridgehead atoms. The minimum Gasteiger partial charge on any atom is -0.496 e. The second-order valence-corrected chi connectivity index (χ2v) is 3.97. The van der Waals surface area contributed by atoms with Crippen LogP contribution >= 0.6 is 0 Å². The summed E-state index contributed by atoms with van der Waals surface area (Å²) >= 11 is 0. The Morgan fingerprint density at radius 1 is 1.39 bits per heavy atom. The zero-order valence-electron chi connectivity index (χ0n) is 10.0. The molecule has 0 amide bonds. The summed E-state index contributed by atoms with van der Waals surface area (Å²) in [5.41, 5.74) is 1.33. The third-order valence-electron chi connectivity index (χ3n) is 2.70. The standard InChI is InChI=1S/C14H14FNO2/c1-18-14-5-4-11(15)8-12(14)13(17)7-10-3-2-6-16-9-10/h2-6,8-9,13,17H,7H2,1H3. The van der Waals surface area contributed by atoms with Gasteiger partial charge in [0.2, 0.25) is 0 Å². The predicted molar refractivity (Wildman–Crippen MR) is 65.9 cm³/mol. The zero-order valence-corrected chi connectivity index (χ0v) is 10.0. The number of aliphatic hydroxyl groups is 1. The van der Waals surface area contributed by atoms with Gasteiger partial charge >= 0.3 is 0 Å². The van der Waals surface area contributed by atoms with Crippen molar-refractivity contribution in [3.05, 3.63) is 59.7 Å². The quantitative estimate of drug-likeness (QED) is 0.902. The summed E-state index contributed by atoms with van der Waals surface area (Å²) in [6.07, 6.45) is 2.89. The molecule has 94 valence electrons. The van der Waals surface area contributed by atoms with Gasteiger partial charge in [-0.3, -0.25) is 4.98 Å². The number of ether oxygens (including phenoxy) is 1. The molecule has 0 fully saturated rings. The van der Waals surface area contributed by atoms with E-state index >= 15 is 0 Å². The molecule has 3 nitrogen and oxygen atoms in total. The number of methoxy groups -OCH3 is 1. The fourth-order valence-electron chi connectivity index (χ4n) is 1.82. The van der Waals surface area contributed by atoms with Gasteiger partial charge in [-0.25, -0.2) is 4.39 Å². The highest BCUT2D eigenvalue weighted by Crippen LogP contribution is 2.28. The van der Waals surface area contributed by atoms with Crippen molar-refractivity contribution in [2.24, 2.45) is 0 Å². The van der Waals surface area contributed by atoms with Gasteiger partial charge in [-0.1, -0.05) is 6.07 Å². The number of aromatic nitrogens is 1. The van der Waals surface area contributed by atoms with Crippen molar-refractivity contribution >= 4 is 0 Å². The van der Waals surface area contributed by atoms with E-state index in [1.54, 1.807) is 18.5 Å². The number of hydrogen-bond donors (Lipinski definition) is 1. The Bertz CT molecular complexity index is 516. The normalized spacial score (nSPS) is 12.2. The fourth-order valence-corrected chi connectivity index (χ4v) is 1.82. The van der Waals surface area contributed by atoms with E-state index in [9.17, 15) is 9.50 Å². The minimum absolute atomic E-state index is 0.369. The first kappa shape index (κ1) is 12.5. The van der Waals surface area contributed by atoms with Crippen LogP contribution in [0, 0.1) is 5.82 Å². The van der Waals surface area contributed by atoms with E-state index in [0.29, 0.717) is 17.7 Å². The molecular weight excluding hydrogens is 233 g/mol. The molecule has 2 aromatic rings. The number of pyridine rings is 1. The highest BCUT2D eigenvalue weighted by atomic mass is 19.1. The van der Waals surface area contributed by atoms with Crippen LogP contribution in [0.5, 0.6) is 5.75 Å². The Balaban J connectivity index is 2.23. The minimum atomic E-state index is -0.820. The lowest BCUT2D eigenvalue weighted by molar-refractivity contribution is 0.173. The first-order valence-corrected chi connectivity index (χ1v) is 5.61. The fraction of sp³-hybridized carbons (Fsp3) is 0.214. The van der Waals surface area contributed by atoms with Gasteiger partial charge in [0.25, 0.3) is 0 Å². The first-order valence-electron chi connectivity index (χ1n) is 5.61. The SMILES string of the molecule is COc1ccc(F)cc1C(O)Cc1cccnc1. The second-order valence-electron chi connectivity index (χ2n) is 3.97. The molecule has 2 rings (SSSR count). The van der Waals surface area contributed by atoms with Crippen LogP contribution in [0.1, 0.15) is 17.2 Å². The van der Waals surface area contributed by atoms with Crippen molar-refractivity contribution in [1.29, 1.82) is 0 Å². The van der Waals surface area contributed by atoms with E-state index in [1.165, 1.54) is 25.3 Å². The zero-order chi connectivity index (χ0) is 13.0. The molecule has 0 saturated carbocycles. The van der Waals surface area contributed by atoms with E-state index < -0.39 is 11.9 Å². The summed E-state index contributed by atoms with van der Waals surface area (Å²) in [5, 5.41) is 10.1. The molecule has 1 unspecified atom stereocenters. The summed E-state index contributed by atoms with van der Waals surface area (Å²) < 4.78 is 18.3. The maximum Gasteiger partial charge on any atom is 0.124 e. The predicted octanol–water partition coefficient (Wildman–Crippen LogP) is 2.51. The molecule has 0 aliphatic heterocycles. The molecule has 0 saturated heterocycles. The average molecular weight is 247 g/mol. The molecule has 0 aliphatic rings. The summed E-state index contributed by atoms with van der Waals surface area (Å²) in [7, 11) is 1.49. The van der Waals surface area contributed by atoms with Crippen molar-refractivity contribution in [2.45, 2.75) is 12.5 Å². The van der Waals surface area contributed by atoms with Crippen molar-refractivity contribution < 1.29 is 14.2 Å². The smallest absolute Gasteiger partial charge is 0.124 e. The molecule has 18 heavy (non-hydrogen) atoms. The van der Waals surface area contributed by atoms with Crippen LogP contribution in [0.4, 0.5) is 4.39 Å². The third kappa shape index (κ3) is 2.84. The lowest BCUT2D eigenvalue weighted by Crippen LogP contribution is -2.05. The van der Waals surface area contributed by atoms with Gasteiger partial charge in [-0.05, 0) is 29.8 Å². The maximum absolute atomic E-state index is 13.2. The molecule has 0 aliphatic carbocycles. The van der Waals surface area contributed by atoms with Crippen molar-refractivity contribution in [3.63, 3.8) is 0 Å². The Hall–Kier alpha value is -1.94. The van der Waals surface area contributed by atoms with Crippen LogP contribution in [0.25, 0.3) is 0 Å². The second kappa shape index (κ2) is 5.60. The molecule has 4 heteroatoms. The van der Waals surface area contributed by atoms with Gasteiger partial charge < -0.3 is 9.84 Å². The number of aliphatic hydroxyl groups excluding tert-OH is 1. The van der Waals surface area contributed by atoms with Crippen molar-refractivity contribution in [3.8, 4) is 5.75 Å². The van der Waals surface area contributed by atoms with E-state index in [1.807, 2.05) is 6.07 Å². The van der Waals surface area contributed by atoms with Crippen molar-refractivity contribution in [2.75, 3.05) is 7.11 Å². The third-order valence-corrected chi connectivity index (χ3v) is 2.70. The molecular formula is C14H14FNO2. The maximum atomic E-state index is 13.2. The van der Waals surface area contributed by atoms with E-state index in [-0.39, 0.29) is 0 Å². The highest BCUT2D eigenvalue weighted by Gasteiger charge is 2.15. The summed E-state index contributed by atoms with van der Waals surface area (Å²) in [5.74, 6) is 0.0869. The van der Waals surface area contributed by atoms with Crippen LogP contribution < -0.4 is 4.74 Å². The molecule has 1 heterocycles. The molecule has 0 spiro atoms. The van der Waals surface area contributed by atoms with E-state index in [4.69, 9.17) is 4.74 Å². The highest BCUT2D eigenvalue weighted by molar-refractivity contribution is 5.36. The summed E-state index contributed by atoms with van der Waals surface area (Å²) in [4.78, 5) is 3.98. The van der Waals surface area contributed by atoms with E-state index in [2.05, 4.69) is 4.98 Å². The Morgan fingerprint density at radius 3 is 2.89 bits per heavy atom. The van der Waals surface area contributed by atoms with Crippen LogP contribution in [-0.2, 0) is 6.42 Å². The largest absolute Gasteiger partial charge is 0.496 e. The lowest BCUT2D eigenvalue weighted by Gasteiger charge is -2.14. The lowest BCUT2D eigenvalue weighted by atomic mass is 10.0.